The summed E-state index contributed by atoms with van der Waals surface area (Å²) in [5.74, 6) is 0.0330. The number of carbonyl (C=O) groups is 2. The minimum absolute atomic E-state index is 0.282. The van der Waals surface area contributed by atoms with Crippen LogP contribution in [0.15, 0.2) is 78.9 Å². The highest BCUT2D eigenvalue weighted by Gasteiger charge is 2.60. The summed E-state index contributed by atoms with van der Waals surface area (Å²) in [6, 6.07) is 23.4. The van der Waals surface area contributed by atoms with Crippen LogP contribution in [0.1, 0.15) is 11.6 Å². The lowest BCUT2D eigenvalue weighted by Gasteiger charge is -2.28. The van der Waals surface area contributed by atoms with E-state index in [-0.39, 0.29) is 11.8 Å². The number of hydrogen-bond donors (Lipinski definition) is 0. The molecule has 2 heterocycles. The molecule has 3 aromatic carbocycles. The molecule has 0 radical (unpaired) electrons. The third-order valence-corrected chi connectivity index (χ3v) is 5.91. The number of hydrogen-bond acceptors (Lipinski definition) is 6. The molecule has 162 valence electrons. The van der Waals surface area contributed by atoms with Gasteiger partial charge < -0.3 is 9.47 Å². The fraction of sp³-hybridized carbons (Fsp3) is 0.200. The Balaban J connectivity index is 1.53. The van der Waals surface area contributed by atoms with Crippen LogP contribution >= 0.6 is 0 Å². The molecule has 2 aliphatic rings. The van der Waals surface area contributed by atoms with E-state index in [0.717, 1.165) is 11.3 Å². The first kappa shape index (κ1) is 20.1. The maximum atomic E-state index is 13.6. The van der Waals surface area contributed by atoms with E-state index in [1.165, 1.54) is 4.90 Å². The van der Waals surface area contributed by atoms with Gasteiger partial charge in [0.2, 0.25) is 5.91 Å². The van der Waals surface area contributed by atoms with Crippen LogP contribution in [0.4, 0.5) is 11.4 Å². The normalized spacial score (nSPS) is 22.2. The summed E-state index contributed by atoms with van der Waals surface area (Å²) in [4.78, 5) is 34.2. The van der Waals surface area contributed by atoms with Crippen molar-refractivity contribution in [3.05, 3.63) is 84.4 Å². The van der Waals surface area contributed by atoms with E-state index in [4.69, 9.17) is 14.3 Å². The summed E-state index contributed by atoms with van der Waals surface area (Å²) in [6.07, 6.45) is -0.906. The number of fused-ring (bicyclic) bond motifs is 1. The number of amides is 2. The van der Waals surface area contributed by atoms with Crippen molar-refractivity contribution in [3.8, 4) is 11.5 Å². The van der Waals surface area contributed by atoms with Crippen LogP contribution in [0.5, 0.6) is 11.5 Å². The average Bonchev–Trinajstić information content (AvgIpc) is 3.36. The summed E-state index contributed by atoms with van der Waals surface area (Å²) < 4.78 is 10.4. The van der Waals surface area contributed by atoms with Crippen molar-refractivity contribution in [1.29, 1.82) is 0 Å². The topological polar surface area (TPSA) is 68.3 Å². The second-order valence-corrected chi connectivity index (χ2v) is 7.64. The van der Waals surface area contributed by atoms with Gasteiger partial charge in [-0.15, -0.1) is 0 Å². The van der Waals surface area contributed by atoms with Gasteiger partial charge in [0.05, 0.1) is 31.6 Å². The SMILES string of the molecule is COc1ccc(N2C(=O)[C@@H]3[C@@H](c4ccccc4)N(c4ccc(OC)cc4)O[C@H]3C2=O)cc1. The minimum atomic E-state index is -0.906. The molecule has 3 atom stereocenters. The molecule has 2 fully saturated rings. The van der Waals surface area contributed by atoms with E-state index in [9.17, 15) is 9.59 Å². The van der Waals surface area contributed by atoms with Gasteiger partial charge in [-0.05, 0) is 54.1 Å². The van der Waals surface area contributed by atoms with Crippen molar-refractivity contribution in [2.45, 2.75) is 12.1 Å². The highest BCUT2D eigenvalue weighted by atomic mass is 16.7. The lowest BCUT2D eigenvalue weighted by atomic mass is 9.90. The van der Waals surface area contributed by atoms with Gasteiger partial charge in [-0.2, -0.15) is 0 Å². The highest BCUT2D eigenvalue weighted by Crippen LogP contribution is 2.47. The van der Waals surface area contributed by atoms with Crippen molar-refractivity contribution in [1.82, 2.24) is 0 Å². The Morgan fingerprint density at radius 3 is 1.84 bits per heavy atom. The van der Waals surface area contributed by atoms with E-state index in [1.807, 2.05) is 54.6 Å². The molecular formula is C25H22N2O5. The van der Waals surface area contributed by atoms with Gasteiger partial charge >= 0.3 is 0 Å². The van der Waals surface area contributed by atoms with E-state index < -0.39 is 18.1 Å². The van der Waals surface area contributed by atoms with Gasteiger partial charge in [-0.1, -0.05) is 30.3 Å². The van der Waals surface area contributed by atoms with Crippen molar-refractivity contribution >= 4 is 23.2 Å². The van der Waals surface area contributed by atoms with Crippen molar-refractivity contribution in [2.75, 3.05) is 24.2 Å². The first-order chi connectivity index (χ1) is 15.6. The first-order valence-electron chi connectivity index (χ1n) is 10.3. The summed E-state index contributed by atoms with van der Waals surface area (Å²) >= 11 is 0. The quantitative estimate of drug-likeness (QED) is 0.575. The largest absolute Gasteiger partial charge is 0.497 e. The molecule has 0 unspecified atom stereocenters. The molecule has 0 spiro atoms. The van der Waals surface area contributed by atoms with Crippen molar-refractivity contribution < 1.29 is 23.9 Å². The number of imide groups is 1. The molecule has 7 heteroatoms. The van der Waals surface area contributed by atoms with Crippen LogP contribution in [0.3, 0.4) is 0 Å². The number of nitrogens with zero attached hydrogens (tertiary/aromatic N) is 2. The Morgan fingerprint density at radius 1 is 0.719 bits per heavy atom. The molecule has 0 aliphatic carbocycles. The number of methoxy groups -OCH3 is 2. The molecule has 32 heavy (non-hydrogen) atoms. The monoisotopic (exact) mass is 430 g/mol. The van der Waals surface area contributed by atoms with E-state index >= 15 is 0 Å². The van der Waals surface area contributed by atoms with Gasteiger partial charge in [0.1, 0.15) is 17.4 Å². The van der Waals surface area contributed by atoms with Gasteiger partial charge in [0.25, 0.3) is 5.91 Å². The Bertz CT molecular complexity index is 1130. The molecule has 5 rings (SSSR count). The van der Waals surface area contributed by atoms with Crippen LogP contribution in [0.25, 0.3) is 0 Å². The minimum Gasteiger partial charge on any atom is -0.497 e. The fourth-order valence-corrected chi connectivity index (χ4v) is 4.34. The van der Waals surface area contributed by atoms with Crippen molar-refractivity contribution in [3.63, 3.8) is 0 Å². The number of ether oxygens (including phenoxy) is 2. The Labute approximate surface area is 185 Å². The zero-order chi connectivity index (χ0) is 22.2. The third-order valence-electron chi connectivity index (χ3n) is 5.91. The van der Waals surface area contributed by atoms with E-state index in [2.05, 4.69) is 0 Å². The van der Waals surface area contributed by atoms with Crippen LogP contribution < -0.4 is 19.4 Å². The van der Waals surface area contributed by atoms with Crippen LogP contribution in [-0.4, -0.2) is 32.1 Å². The lowest BCUT2D eigenvalue weighted by Crippen LogP contribution is -2.37. The molecule has 3 aromatic rings. The summed E-state index contributed by atoms with van der Waals surface area (Å²) in [7, 11) is 3.17. The lowest BCUT2D eigenvalue weighted by molar-refractivity contribution is -0.126. The summed E-state index contributed by atoms with van der Waals surface area (Å²) in [5.41, 5.74) is 2.14. The Hall–Kier alpha value is -3.84. The molecule has 0 bridgehead atoms. The van der Waals surface area contributed by atoms with Crippen molar-refractivity contribution in [2.24, 2.45) is 5.92 Å². The maximum Gasteiger partial charge on any atom is 0.266 e. The molecule has 2 saturated heterocycles. The zero-order valence-corrected chi connectivity index (χ0v) is 17.7. The summed E-state index contributed by atoms with van der Waals surface area (Å²) in [6.45, 7) is 0. The Kier molecular flexibility index (Phi) is 5.03. The smallest absolute Gasteiger partial charge is 0.266 e. The molecular weight excluding hydrogens is 408 g/mol. The predicted octanol–water partition coefficient (Wildman–Crippen LogP) is 3.75. The zero-order valence-electron chi connectivity index (χ0n) is 17.7. The van der Waals surface area contributed by atoms with Gasteiger partial charge in [-0.3, -0.25) is 14.4 Å². The highest BCUT2D eigenvalue weighted by molar-refractivity contribution is 6.23. The first-order valence-corrected chi connectivity index (χ1v) is 10.3. The number of anilines is 2. The number of hydroxylamine groups is 1. The van der Waals surface area contributed by atoms with E-state index in [1.54, 1.807) is 43.5 Å². The molecule has 7 nitrogen and oxygen atoms in total. The number of benzene rings is 3. The van der Waals surface area contributed by atoms with Crippen LogP contribution in [0, 0.1) is 5.92 Å². The van der Waals surface area contributed by atoms with Crippen LogP contribution in [-0.2, 0) is 14.4 Å². The molecule has 2 amide bonds. The number of carbonyl (C=O) groups excluding carboxylic acids is 2. The maximum absolute atomic E-state index is 13.6. The van der Waals surface area contributed by atoms with Gasteiger partial charge in [0.15, 0.2) is 6.10 Å². The van der Waals surface area contributed by atoms with E-state index in [0.29, 0.717) is 17.2 Å². The summed E-state index contributed by atoms with van der Waals surface area (Å²) in [5, 5.41) is 1.67. The third kappa shape index (κ3) is 3.18. The molecule has 0 N–H and O–H groups in total. The van der Waals surface area contributed by atoms with Crippen LogP contribution in [0.2, 0.25) is 0 Å². The second kappa shape index (κ2) is 8.01. The fourth-order valence-electron chi connectivity index (χ4n) is 4.34. The number of rotatable bonds is 5. The van der Waals surface area contributed by atoms with Gasteiger partial charge in [-0.25, -0.2) is 9.96 Å². The Morgan fingerprint density at radius 2 is 1.28 bits per heavy atom. The molecule has 0 aromatic heterocycles. The second-order valence-electron chi connectivity index (χ2n) is 7.64. The predicted molar refractivity (Wildman–Crippen MR) is 119 cm³/mol. The molecule has 0 saturated carbocycles. The standard InChI is InChI=1S/C25H22N2O5/c1-30-19-12-8-17(9-13-19)26-24(28)21-22(16-6-4-3-5-7-16)27(32-23(21)25(26)29)18-10-14-20(31-2)15-11-18/h3-15,21-23H,1-2H3/t21-,22-,23-/m1/s1. The van der Waals surface area contributed by atoms with Gasteiger partial charge in [0, 0.05) is 0 Å². The average molecular weight is 430 g/mol. The molecule has 2 aliphatic heterocycles.